The average Bonchev–Trinajstić information content (AvgIpc) is 2.95. The number of ether oxygens (including phenoxy) is 1. The molecule has 1 unspecified atom stereocenters. The van der Waals surface area contributed by atoms with Gasteiger partial charge in [0, 0.05) is 18.1 Å². The predicted molar refractivity (Wildman–Crippen MR) is 161 cm³/mol. The minimum Gasteiger partial charge on any atom is -0.489 e. The Kier molecular flexibility index (Phi) is 11.0. The molecular formula is C32H37N2O6P. The third-order valence-electron chi connectivity index (χ3n) is 6.32. The molecule has 0 aliphatic carbocycles. The molecule has 0 saturated heterocycles. The SMILES string of the molecule is CC(C)OP(=O)(O)OCCCCCNC(=O)Cc1cnc2ccccc2c1-c1cccc(OCc2ccccc2)c1. The molecule has 1 amide bonds. The topological polar surface area (TPSA) is 107 Å². The molecule has 0 aliphatic heterocycles. The van der Waals surface area contributed by atoms with Crippen LogP contribution in [0.15, 0.2) is 85.1 Å². The molecule has 0 fully saturated rings. The van der Waals surface area contributed by atoms with Gasteiger partial charge in [-0.15, -0.1) is 0 Å². The van der Waals surface area contributed by atoms with Crippen LogP contribution in [0.2, 0.25) is 0 Å². The fourth-order valence-corrected chi connectivity index (χ4v) is 5.44. The number of benzene rings is 3. The molecule has 9 heteroatoms. The number of nitrogens with zero attached hydrogens (tertiary/aromatic N) is 1. The maximum Gasteiger partial charge on any atom is 0.472 e. The largest absolute Gasteiger partial charge is 0.489 e. The third kappa shape index (κ3) is 9.51. The Hall–Kier alpha value is -3.55. The number of pyridine rings is 1. The van der Waals surface area contributed by atoms with Crippen LogP contribution in [0.5, 0.6) is 5.75 Å². The van der Waals surface area contributed by atoms with E-state index in [0.29, 0.717) is 19.6 Å². The fraction of sp³-hybridized carbons (Fsp3) is 0.312. The van der Waals surface area contributed by atoms with Crippen LogP contribution in [0.4, 0.5) is 0 Å². The molecule has 0 aliphatic rings. The minimum absolute atomic E-state index is 0.0961. The van der Waals surface area contributed by atoms with E-state index in [-0.39, 0.29) is 18.9 Å². The standard InChI is InChI=1S/C32H37N2O6P/c1-24(2)40-41(36,37)39-19-10-4-9-18-33-31(35)21-27-22-34-30-17-8-7-16-29(30)32(27)26-14-11-15-28(20-26)38-23-25-12-5-3-6-13-25/h3,5-8,11-17,20,22,24H,4,9-10,18-19,21,23H2,1-2H3,(H,33,35)(H,36,37). The van der Waals surface area contributed by atoms with E-state index in [9.17, 15) is 14.3 Å². The lowest BCUT2D eigenvalue weighted by atomic mass is 9.94. The van der Waals surface area contributed by atoms with Crippen molar-refractivity contribution in [3.63, 3.8) is 0 Å². The van der Waals surface area contributed by atoms with E-state index in [2.05, 4.69) is 10.3 Å². The molecule has 3 aromatic carbocycles. The Morgan fingerprint density at radius 3 is 2.56 bits per heavy atom. The lowest BCUT2D eigenvalue weighted by Gasteiger charge is -2.15. The predicted octanol–water partition coefficient (Wildman–Crippen LogP) is 6.85. The van der Waals surface area contributed by atoms with Gasteiger partial charge in [-0.3, -0.25) is 18.8 Å². The van der Waals surface area contributed by atoms with Crippen LogP contribution in [0.3, 0.4) is 0 Å². The summed E-state index contributed by atoms with van der Waals surface area (Å²) in [5.74, 6) is 0.654. The second kappa shape index (κ2) is 14.9. The van der Waals surface area contributed by atoms with Crippen LogP contribution in [0.1, 0.15) is 44.2 Å². The van der Waals surface area contributed by atoms with Gasteiger partial charge in [-0.2, -0.15) is 0 Å². The number of fused-ring (bicyclic) bond motifs is 1. The molecule has 0 radical (unpaired) electrons. The monoisotopic (exact) mass is 576 g/mol. The number of hydrogen-bond donors (Lipinski definition) is 2. The van der Waals surface area contributed by atoms with Gasteiger partial charge in [0.15, 0.2) is 0 Å². The van der Waals surface area contributed by atoms with Gasteiger partial charge >= 0.3 is 7.82 Å². The lowest BCUT2D eigenvalue weighted by molar-refractivity contribution is -0.120. The van der Waals surface area contributed by atoms with Gasteiger partial charge in [0.05, 0.1) is 24.6 Å². The van der Waals surface area contributed by atoms with Crippen molar-refractivity contribution in [2.45, 2.75) is 52.2 Å². The molecule has 41 heavy (non-hydrogen) atoms. The van der Waals surface area contributed by atoms with Gasteiger partial charge < -0.3 is 14.9 Å². The summed E-state index contributed by atoms with van der Waals surface area (Å²) in [6.07, 6.45) is 3.62. The minimum atomic E-state index is -4.01. The maximum atomic E-state index is 12.9. The summed E-state index contributed by atoms with van der Waals surface area (Å²) >= 11 is 0. The van der Waals surface area contributed by atoms with Crippen molar-refractivity contribution in [3.05, 3.63) is 96.2 Å². The van der Waals surface area contributed by atoms with Crippen LogP contribution < -0.4 is 10.1 Å². The second-order valence-corrected chi connectivity index (χ2v) is 11.4. The summed E-state index contributed by atoms with van der Waals surface area (Å²) in [5, 5.41) is 3.95. The number of phosphoric ester groups is 1. The van der Waals surface area contributed by atoms with Gasteiger partial charge in [0.25, 0.3) is 0 Å². The lowest BCUT2D eigenvalue weighted by Crippen LogP contribution is -2.26. The smallest absolute Gasteiger partial charge is 0.472 e. The quantitative estimate of drug-likeness (QED) is 0.118. The normalized spacial score (nSPS) is 12.8. The van der Waals surface area contributed by atoms with Crippen LogP contribution >= 0.6 is 7.82 Å². The number of hydrogen-bond acceptors (Lipinski definition) is 6. The van der Waals surface area contributed by atoms with Crippen molar-refractivity contribution in [2.24, 2.45) is 0 Å². The number of phosphoric acid groups is 1. The second-order valence-electron chi connectivity index (χ2n) is 10.0. The summed E-state index contributed by atoms with van der Waals surface area (Å²) < 4.78 is 27.7. The molecule has 0 spiro atoms. The van der Waals surface area contributed by atoms with Crippen LogP contribution in [0, 0.1) is 0 Å². The number of rotatable bonds is 15. The van der Waals surface area contributed by atoms with E-state index in [1.807, 2.05) is 78.9 Å². The van der Waals surface area contributed by atoms with Crippen LogP contribution in [-0.2, 0) is 31.4 Å². The first-order valence-electron chi connectivity index (χ1n) is 13.9. The Morgan fingerprint density at radius 2 is 1.76 bits per heavy atom. The Bertz CT molecular complexity index is 1480. The van der Waals surface area contributed by atoms with Gasteiger partial charge in [-0.05, 0) is 73.6 Å². The highest BCUT2D eigenvalue weighted by Crippen LogP contribution is 2.44. The van der Waals surface area contributed by atoms with E-state index < -0.39 is 13.9 Å². The number of aromatic nitrogens is 1. The number of carbonyl (C=O) groups excluding carboxylic acids is 1. The maximum absolute atomic E-state index is 12.9. The number of carbonyl (C=O) groups is 1. The summed E-state index contributed by atoms with van der Waals surface area (Å²) in [7, 11) is -4.01. The highest BCUT2D eigenvalue weighted by Gasteiger charge is 2.22. The first-order valence-corrected chi connectivity index (χ1v) is 15.4. The molecule has 4 rings (SSSR count). The molecule has 8 nitrogen and oxygen atoms in total. The highest BCUT2D eigenvalue weighted by molar-refractivity contribution is 7.47. The molecule has 0 saturated carbocycles. The third-order valence-corrected chi connectivity index (χ3v) is 7.51. The van der Waals surface area contributed by atoms with Gasteiger partial charge in [-0.1, -0.05) is 60.7 Å². The first-order chi connectivity index (χ1) is 19.8. The van der Waals surface area contributed by atoms with E-state index in [1.165, 1.54) is 0 Å². The molecule has 1 aromatic heterocycles. The van der Waals surface area contributed by atoms with Crippen molar-refractivity contribution in [2.75, 3.05) is 13.2 Å². The molecular weight excluding hydrogens is 539 g/mol. The molecule has 216 valence electrons. The van der Waals surface area contributed by atoms with Crippen molar-refractivity contribution >= 4 is 24.6 Å². The van der Waals surface area contributed by atoms with Gasteiger partial charge in [0.1, 0.15) is 12.4 Å². The van der Waals surface area contributed by atoms with Crippen molar-refractivity contribution < 1.29 is 28.0 Å². The number of nitrogens with one attached hydrogen (secondary N) is 1. The molecule has 1 atom stereocenters. The highest BCUT2D eigenvalue weighted by atomic mass is 31.2. The zero-order chi connectivity index (χ0) is 29.1. The molecule has 4 aromatic rings. The summed E-state index contributed by atoms with van der Waals surface area (Å²) in [6, 6.07) is 25.9. The van der Waals surface area contributed by atoms with Gasteiger partial charge in [0.2, 0.25) is 5.91 Å². The summed E-state index contributed by atoms with van der Waals surface area (Å²) in [4.78, 5) is 27.1. The Balaban J connectivity index is 1.37. The Labute approximate surface area is 241 Å². The zero-order valence-electron chi connectivity index (χ0n) is 23.5. The van der Waals surface area contributed by atoms with Gasteiger partial charge in [-0.25, -0.2) is 4.57 Å². The number of para-hydroxylation sites is 1. The van der Waals surface area contributed by atoms with Crippen molar-refractivity contribution in [3.8, 4) is 16.9 Å². The van der Waals surface area contributed by atoms with E-state index in [1.54, 1.807) is 20.0 Å². The summed E-state index contributed by atoms with van der Waals surface area (Å²) in [6.45, 7) is 4.43. The first kappa shape index (κ1) is 30.4. The van der Waals surface area contributed by atoms with Crippen LogP contribution in [-0.4, -0.2) is 35.0 Å². The summed E-state index contributed by atoms with van der Waals surface area (Å²) in [5.41, 5.74) is 4.70. The number of unbranched alkanes of at least 4 members (excludes halogenated alkanes) is 2. The molecule has 1 heterocycles. The Morgan fingerprint density at radius 1 is 0.976 bits per heavy atom. The zero-order valence-corrected chi connectivity index (χ0v) is 24.4. The molecule has 0 bridgehead atoms. The fourth-order valence-electron chi connectivity index (χ4n) is 4.48. The van der Waals surface area contributed by atoms with E-state index in [0.717, 1.165) is 51.7 Å². The molecule has 2 N–H and O–H groups in total. The van der Waals surface area contributed by atoms with E-state index in [4.69, 9.17) is 13.8 Å². The van der Waals surface area contributed by atoms with Crippen molar-refractivity contribution in [1.29, 1.82) is 0 Å². The average molecular weight is 577 g/mol. The van der Waals surface area contributed by atoms with E-state index >= 15 is 0 Å². The van der Waals surface area contributed by atoms with Crippen molar-refractivity contribution in [1.82, 2.24) is 10.3 Å². The number of amides is 1. The van der Waals surface area contributed by atoms with Crippen LogP contribution in [0.25, 0.3) is 22.0 Å².